The second kappa shape index (κ2) is 6.81. The fourth-order valence-electron chi connectivity index (χ4n) is 2.29. The molecule has 0 radical (unpaired) electrons. The highest BCUT2D eigenvalue weighted by atomic mass is 19.4. The molecule has 1 saturated heterocycles. The molecule has 0 unspecified atom stereocenters. The predicted octanol–water partition coefficient (Wildman–Crippen LogP) is 1.59. The summed E-state index contributed by atoms with van der Waals surface area (Å²) in [5, 5.41) is 1.82. The van der Waals surface area contributed by atoms with E-state index in [-0.39, 0.29) is 5.91 Å². The molecule has 0 aromatic heterocycles. The minimum atomic E-state index is -4.45. The molecule has 116 valence electrons. The Bertz CT molecular complexity index is 356. The number of carbonyl (C=O) groups excluding carboxylic acids is 2. The van der Waals surface area contributed by atoms with E-state index in [2.05, 4.69) is 0 Å². The van der Waals surface area contributed by atoms with Crippen LogP contribution >= 0.6 is 0 Å². The van der Waals surface area contributed by atoms with Crippen LogP contribution in [-0.4, -0.2) is 60.1 Å². The lowest BCUT2D eigenvalue weighted by atomic mass is 10.2. The lowest BCUT2D eigenvalue weighted by Gasteiger charge is -2.29. The molecule has 20 heavy (non-hydrogen) atoms. The van der Waals surface area contributed by atoms with Crippen molar-refractivity contribution in [2.75, 3.05) is 26.2 Å². The number of amides is 3. The molecule has 3 amide bonds. The first kappa shape index (κ1) is 16.6. The molecular weight excluding hydrogens is 275 g/mol. The molecule has 1 rings (SSSR count). The number of carbonyl (C=O) groups is 2. The van der Waals surface area contributed by atoms with E-state index >= 15 is 0 Å². The molecule has 0 aromatic carbocycles. The van der Waals surface area contributed by atoms with Gasteiger partial charge in [0.05, 0.1) is 0 Å². The van der Waals surface area contributed by atoms with Crippen LogP contribution in [0.4, 0.5) is 18.0 Å². The third kappa shape index (κ3) is 4.28. The summed E-state index contributed by atoms with van der Waals surface area (Å²) in [7, 11) is 0. The van der Waals surface area contributed by atoms with Crippen molar-refractivity contribution < 1.29 is 22.8 Å². The van der Waals surface area contributed by atoms with E-state index in [1.54, 1.807) is 4.90 Å². The third-order valence-corrected chi connectivity index (χ3v) is 3.31. The van der Waals surface area contributed by atoms with Gasteiger partial charge in [-0.3, -0.25) is 4.79 Å². The topological polar surface area (TPSA) is 52.7 Å². The maximum absolute atomic E-state index is 12.2. The summed E-state index contributed by atoms with van der Waals surface area (Å²) in [4.78, 5) is 26.7. The van der Waals surface area contributed by atoms with Crippen LogP contribution in [0.3, 0.4) is 0 Å². The molecule has 1 aliphatic rings. The molecule has 1 atom stereocenters. The number of nitrogens with one attached hydrogen (secondary N) is 1. The summed E-state index contributed by atoms with van der Waals surface area (Å²) < 4.78 is 36.3. The summed E-state index contributed by atoms with van der Waals surface area (Å²) in [6.45, 7) is 3.61. The molecule has 0 bridgehead atoms. The molecule has 0 aromatic rings. The van der Waals surface area contributed by atoms with Gasteiger partial charge in [0.1, 0.15) is 12.6 Å². The van der Waals surface area contributed by atoms with Gasteiger partial charge in [-0.2, -0.15) is 13.2 Å². The van der Waals surface area contributed by atoms with Crippen molar-refractivity contribution in [1.82, 2.24) is 15.1 Å². The average Bonchev–Trinajstić information content (AvgIpc) is 2.85. The zero-order chi connectivity index (χ0) is 15.3. The van der Waals surface area contributed by atoms with E-state index < -0.39 is 24.8 Å². The number of hydrogen-bond acceptors (Lipinski definition) is 2. The minimum Gasteiger partial charge on any atom is -0.341 e. The van der Waals surface area contributed by atoms with Gasteiger partial charge in [0.25, 0.3) is 0 Å². The van der Waals surface area contributed by atoms with Crippen LogP contribution in [0.2, 0.25) is 0 Å². The van der Waals surface area contributed by atoms with Crippen LogP contribution < -0.4 is 5.32 Å². The van der Waals surface area contributed by atoms with Crippen molar-refractivity contribution in [2.45, 2.75) is 38.9 Å². The molecule has 5 nitrogen and oxygen atoms in total. The van der Waals surface area contributed by atoms with Gasteiger partial charge in [-0.1, -0.05) is 0 Å². The second-order valence-corrected chi connectivity index (χ2v) is 4.64. The highest BCUT2D eigenvalue weighted by Gasteiger charge is 2.37. The number of likely N-dealkylation sites (tertiary alicyclic amines) is 1. The fraction of sp³-hybridized carbons (Fsp3) is 0.833. The van der Waals surface area contributed by atoms with Crippen molar-refractivity contribution in [3.05, 3.63) is 0 Å². The molecular formula is C12H20F3N3O2. The molecule has 1 heterocycles. The predicted molar refractivity (Wildman–Crippen MR) is 67.1 cm³/mol. The zero-order valence-corrected chi connectivity index (χ0v) is 11.7. The lowest BCUT2D eigenvalue weighted by Crippen LogP contribution is -2.51. The Morgan fingerprint density at radius 3 is 2.40 bits per heavy atom. The number of likely N-dealkylation sites (N-methyl/N-ethyl adjacent to an activating group) is 1. The third-order valence-electron chi connectivity index (χ3n) is 3.31. The monoisotopic (exact) mass is 295 g/mol. The number of hydrogen-bond donors (Lipinski definition) is 1. The van der Waals surface area contributed by atoms with Gasteiger partial charge in [0.15, 0.2) is 0 Å². The molecule has 0 aliphatic carbocycles. The lowest BCUT2D eigenvalue weighted by molar-refractivity contribution is -0.134. The van der Waals surface area contributed by atoms with Crippen LogP contribution in [0.15, 0.2) is 0 Å². The number of urea groups is 1. The average molecular weight is 295 g/mol. The van der Waals surface area contributed by atoms with Gasteiger partial charge >= 0.3 is 12.2 Å². The smallest absolute Gasteiger partial charge is 0.341 e. The Balaban J connectivity index is 2.64. The van der Waals surface area contributed by atoms with Gasteiger partial charge in [-0.05, 0) is 26.7 Å². The molecule has 0 saturated carbocycles. The van der Waals surface area contributed by atoms with Gasteiger partial charge in [-0.15, -0.1) is 0 Å². The molecule has 1 fully saturated rings. The highest BCUT2D eigenvalue weighted by molar-refractivity contribution is 5.87. The summed E-state index contributed by atoms with van der Waals surface area (Å²) in [6.07, 6.45) is -3.33. The SMILES string of the molecule is CCN(CC)C(=O)[C@H]1CCCN1C(=O)NCC(F)(F)F. The fourth-order valence-corrected chi connectivity index (χ4v) is 2.29. The zero-order valence-electron chi connectivity index (χ0n) is 11.7. The Kier molecular flexibility index (Phi) is 5.64. The van der Waals surface area contributed by atoms with E-state index in [0.29, 0.717) is 32.5 Å². The maximum Gasteiger partial charge on any atom is 0.405 e. The van der Waals surface area contributed by atoms with Crippen LogP contribution in [-0.2, 0) is 4.79 Å². The summed E-state index contributed by atoms with van der Waals surface area (Å²) in [5.74, 6) is -0.199. The van der Waals surface area contributed by atoms with E-state index in [1.807, 2.05) is 19.2 Å². The quantitative estimate of drug-likeness (QED) is 0.856. The molecule has 0 spiro atoms. The Morgan fingerprint density at radius 2 is 1.90 bits per heavy atom. The van der Waals surface area contributed by atoms with Crippen LogP contribution in [0.5, 0.6) is 0 Å². The minimum absolute atomic E-state index is 0.199. The Hall–Kier alpha value is -1.47. The van der Waals surface area contributed by atoms with E-state index in [0.717, 1.165) is 0 Å². The van der Waals surface area contributed by atoms with Crippen molar-refractivity contribution in [1.29, 1.82) is 0 Å². The van der Waals surface area contributed by atoms with Crippen molar-refractivity contribution in [3.8, 4) is 0 Å². The first-order valence-corrected chi connectivity index (χ1v) is 6.70. The number of halogens is 3. The largest absolute Gasteiger partial charge is 0.405 e. The van der Waals surface area contributed by atoms with E-state index in [4.69, 9.17) is 0 Å². The van der Waals surface area contributed by atoms with Crippen LogP contribution in [0.1, 0.15) is 26.7 Å². The van der Waals surface area contributed by atoms with Gasteiger partial charge in [0, 0.05) is 19.6 Å². The maximum atomic E-state index is 12.2. The van der Waals surface area contributed by atoms with Gasteiger partial charge in [0.2, 0.25) is 5.91 Å². The Morgan fingerprint density at radius 1 is 1.30 bits per heavy atom. The number of rotatable bonds is 4. The molecule has 1 N–H and O–H groups in total. The van der Waals surface area contributed by atoms with Crippen LogP contribution in [0.25, 0.3) is 0 Å². The van der Waals surface area contributed by atoms with Gasteiger partial charge < -0.3 is 15.1 Å². The van der Waals surface area contributed by atoms with Crippen molar-refractivity contribution in [2.24, 2.45) is 0 Å². The Labute approximate surface area is 116 Å². The van der Waals surface area contributed by atoms with Crippen LogP contribution in [0, 0.1) is 0 Å². The second-order valence-electron chi connectivity index (χ2n) is 4.64. The summed E-state index contributed by atoms with van der Waals surface area (Å²) in [5.41, 5.74) is 0. The van der Waals surface area contributed by atoms with Gasteiger partial charge in [-0.25, -0.2) is 4.79 Å². The molecule has 1 aliphatic heterocycles. The first-order chi connectivity index (χ1) is 9.30. The van der Waals surface area contributed by atoms with Crippen molar-refractivity contribution >= 4 is 11.9 Å². The molecule has 8 heteroatoms. The highest BCUT2D eigenvalue weighted by Crippen LogP contribution is 2.20. The van der Waals surface area contributed by atoms with E-state index in [9.17, 15) is 22.8 Å². The number of nitrogens with zero attached hydrogens (tertiary/aromatic N) is 2. The standard InChI is InChI=1S/C12H20F3N3O2/c1-3-17(4-2)10(19)9-6-5-7-18(9)11(20)16-8-12(13,14)15/h9H,3-8H2,1-2H3,(H,16,20)/t9-/m1/s1. The first-order valence-electron chi connectivity index (χ1n) is 6.70. The van der Waals surface area contributed by atoms with Crippen molar-refractivity contribution in [3.63, 3.8) is 0 Å². The summed E-state index contributed by atoms with van der Waals surface area (Å²) in [6, 6.07) is -1.48. The summed E-state index contributed by atoms with van der Waals surface area (Å²) >= 11 is 0. The number of alkyl halides is 3. The normalized spacial score (nSPS) is 19.1. The van der Waals surface area contributed by atoms with E-state index in [1.165, 1.54) is 4.90 Å².